The molecule has 1 aromatic carbocycles. The van der Waals surface area contributed by atoms with Crippen LogP contribution in [0.1, 0.15) is 17.6 Å². The van der Waals surface area contributed by atoms with Crippen LogP contribution < -0.4 is 15.4 Å². The van der Waals surface area contributed by atoms with Gasteiger partial charge in [0, 0.05) is 5.69 Å². The van der Waals surface area contributed by atoms with Gasteiger partial charge >= 0.3 is 0 Å². The summed E-state index contributed by atoms with van der Waals surface area (Å²) in [5.41, 5.74) is 6.70. The standard InChI is InChI=1S/C15H16N2O3/c1-9-3-8-12(20-9)14-13(16)15(18)17(14)10-4-6-11(19-2)7-5-10/h3-8,13-14H,16H2,1-2H3. The van der Waals surface area contributed by atoms with Crippen LogP contribution in [-0.4, -0.2) is 19.1 Å². The van der Waals surface area contributed by atoms with Gasteiger partial charge in [-0.3, -0.25) is 9.69 Å². The first kappa shape index (κ1) is 12.7. The van der Waals surface area contributed by atoms with Gasteiger partial charge in [-0.1, -0.05) is 0 Å². The molecule has 1 fully saturated rings. The van der Waals surface area contributed by atoms with Gasteiger partial charge < -0.3 is 14.9 Å². The van der Waals surface area contributed by atoms with Gasteiger partial charge in [0.05, 0.1) is 7.11 Å². The zero-order valence-corrected chi connectivity index (χ0v) is 11.4. The maximum Gasteiger partial charge on any atom is 0.247 e. The highest BCUT2D eigenvalue weighted by molar-refractivity contribution is 6.05. The number of hydrogen-bond acceptors (Lipinski definition) is 4. The highest BCUT2D eigenvalue weighted by atomic mass is 16.5. The van der Waals surface area contributed by atoms with E-state index in [1.54, 1.807) is 12.0 Å². The summed E-state index contributed by atoms with van der Waals surface area (Å²) in [5, 5.41) is 0. The largest absolute Gasteiger partial charge is 0.497 e. The van der Waals surface area contributed by atoms with Crippen LogP contribution in [0.5, 0.6) is 5.75 Å². The number of nitrogens with two attached hydrogens (primary N) is 1. The maximum absolute atomic E-state index is 12.0. The lowest BCUT2D eigenvalue weighted by molar-refractivity contribution is -0.126. The number of benzene rings is 1. The number of carbonyl (C=O) groups excluding carboxylic acids is 1. The minimum atomic E-state index is -0.553. The first-order valence-electron chi connectivity index (χ1n) is 6.41. The molecule has 5 heteroatoms. The lowest BCUT2D eigenvalue weighted by Gasteiger charge is -2.44. The van der Waals surface area contributed by atoms with E-state index >= 15 is 0 Å². The summed E-state index contributed by atoms with van der Waals surface area (Å²) in [5.74, 6) is 2.16. The second kappa shape index (κ2) is 4.68. The Balaban J connectivity index is 1.92. The molecule has 2 atom stereocenters. The molecule has 20 heavy (non-hydrogen) atoms. The number of nitrogens with zero attached hydrogens (tertiary/aromatic N) is 1. The second-order valence-corrected chi connectivity index (χ2v) is 4.83. The summed E-state index contributed by atoms with van der Waals surface area (Å²) in [4.78, 5) is 13.7. The van der Waals surface area contributed by atoms with E-state index in [9.17, 15) is 4.79 Å². The summed E-state index contributed by atoms with van der Waals surface area (Å²) in [6, 6.07) is 10.2. The Morgan fingerprint density at radius 2 is 1.90 bits per heavy atom. The quantitative estimate of drug-likeness (QED) is 0.868. The molecule has 2 heterocycles. The van der Waals surface area contributed by atoms with Gasteiger partial charge in [-0.15, -0.1) is 0 Å². The van der Waals surface area contributed by atoms with Crippen molar-refractivity contribution in [3.8, 4) is 5.75 Å². The Morgan fingerprint density at radius 3 is 2.45 bits per heavy atom. The van der Waals surface area contributed by atoms with Crippen LogP contribution in [-0.2, 0) is 4.79 Å². The third-order valence-electron chi connectivity index (χ3n) is 3.54. The molecular weight excluding hydrogens is 256 g/mol. The van der Waals surface area contributed by atoms with Gasteiger partial charge in [0.1, 0.15) is 29.4 Å². The summed E-state index contributed by atoms with van der Waals surface area (Å²) in [6.45, 7) is 1.87. The van der Waals surface area contributed by atoms with Crippen molar-refractivity contribution in [2.24, 2.45) is 5.73 Å². The van der Waals surface area contributed by atoms with Crippen LogP contribution in [0.15, 0.2) is 40.8 Å². The Hall–Kier alpha value is -2.27. The molecule has 2 N–H and O–H groups in total. The molecule has 0 spiro atoms. The number of hydrogen-bond donors (Lipinski definition) is 1. The highest BCUT2D eigenvalue weighted by Crippen LogP contribution is 2.39. The van der Waals surface area contributed by atoms with Crippen molar-refractivity contribution in [2.75, 3.05) is 12.0 Å². The Labute approximate surface area is 116 Å². The molecule has 5 nitrogen and oxygen atoms in total. The number of anilines is 1. The van der Waals surface area contributed by atoms with Gasteiger partial charge in [0.2, 0.25) is 5.91 Å². The molecule has 2 unspecified atom stereocenters. The molecular formula is C15H16N2O3. The maximum atomic E-state index is 12.0. The lowest BCUT2D eigenvalue weighted by atomic mass is 9.92. The van der Waals surface area contributed by atoms with E-state index in [2.05, 4.69) is 0 Å². The van der Waals surface area contributed by atoms with E-state index in [4.69, 9.17) is 14.9 Å². The van der Waals surface area contributed by atoms with Crippen molar-refractivity contribution in [1.82, 2.24) is 0 Å². The smallest absolute Gasteiger partial charge is 0.247 e. The average Bonchev–Trinajstić information content (AvgIpc) is 2.89. The molecule has 104 valence electrons. The van der Waals surface area contributed by atoms with Crippen molar-refractivity contribution < 1.29 is 13.9 Å². The van der Waals surface area contributed by atoms with Crippen LogP contribution in [0.3, 0.4) is 0 Å². The molecule has 0 saturated carbocycles. The minimum Gasteiger partial charge on any atom is -0.497 e. The van der Waals surface area contributed by atoms with E-state index in [-0.39, 0.29) is 11.9 Å². The van der Waals surface area contributed by atoms with Crippen molar-refractivity contribution in [3.05, 3.63) is 47.9 Å². The Bertz CT molecular complexity index is 633. The number of amides is 1. The van der Waals surface area contributed by atoms with Crippen molar-refractivity contribution >= 4 is 11.6 Å². The summed E-state index contributed by atoms with van der Waals surface area (Å²) in [7, 11) is 1.61. The zero-order chi connectivity index (χ0) is 14.3. The van der Waals surface area contributed by atoms with Crippen molar-refractivity contribution in [1.29, 1.82) is 0 Å². The fourth-order valence-corrected chi connectivity index (χ4v) is 2.46. The Kier molecular flexibility index (Phi) is 2.99. The number of carbonyl (C=O) groups is 1. The molecule has 1 aliphatic rings. The number of rotatable bonds is 3. The third kappa shape index (κ3) is 1.87. The van der Waals surface area contributed by atoms with E-state index < -0.39 is 6.04 Å². The number of aryl methyl sites for hydroxylation is 1. The lowest BCUT2D eigenvalue weighted by Crippen LogP contribution is -2.63. The third-order valence-corrected chi connectivity index (χ3v) is 3.54. The minimum absolute atomic E-state index is 0.103. The van der Waals surface area contributed by atoms with Gasteiger partial charge in [0.25, 0.3) is 0 Å². The highest BCUT2D eigenvalue weighted by Gasteiger charge is 2.48. The molecule has 2 aromatic rings. The number of furan rings is 1. The van der Waals surface area contributed by atoms with Crippen LogP contribution in [0.2, 0.25) is 0 Å². The molecule has 0 bridgehead atoms. The topological polar surface area (TPSA) is 68.7 Å². The van der Waals surface area contributed by atoms with E-state index in [1.807, 2.05) is 43.3 Å². The Morgan fingerprint density at radius 1 is 1.20 bits per heavy atom. The SMILES string of the molecule is COc1ccc(N2C(=O)C(N)C2c2ccc(C)o2)cc1. The number of β-lactam (4-membered cyclic amide) rings is 1. The predicted molar refractivity (Wildman–Crippen MR) is 74.6 cm³/mol. The van der Waals surface area contributed by atoms with E-state index in [0.717, 1.165) is 17.2 Å². The fraction of sp³-hybridized carbons (Fsp3) is 0.267. The fourth-order valence-electron chi connectivity index (χ4n) is 2.46. The zero-order valence-electron chi connectivity index (χ0n) is 11.4. The van der Waals surface area contributed by atoms with Crippen LogP contribution >= 0.6 is 0 Å². The second-order valence-electron chi connectivity index (χ2n) is 4.83. The van der Waals surface area contributed by atoms with E-state index in [1.165, 1.54) is 0 Å². The monoisotopic (exact) mass is 272 g/mol. The van der Waals surface area contributed by atoms with Crippen molar-refractivity contribution in [3.63, 3.8) is 0 Å². The summed E-state index contributed by atoms with van der Waals surface area (Å²) < 4.78 is 10.7. The normalized spacial score (nSPS) is 21.8. The number of ether oxygens (including phenoxy) is 1. The predicted octanol–water partition coefficient (Wildman–Crippen LogP) is 2.01. The van der Waals surface area contributed by atoms with Crippen LogP contribution in [0.4, 0.5) is 5.69 Å². The molecule has 3 rings (SSSR count). The number of methoxy groups -OCH3 is 1. The van der Waals surface area contributed by atoms with Gasteiger partial charge in [-0.2, -0.15) is 0 Å². The summed E-state index contributed by atoms with van der Waals surface area (Å²) >= 11 is 0. The molecule has 1 saturated heterocycles. The first-order valence-corrected chi connectivity index (χ1v) is 6.41. The van der Waals surface area contributed by atoms with Crippen molar-refractivity contribution in [2.45, 2.75) is 19.0 Å². The molecule has 1 amide bonds. The van der Waals surface area contributed by atoms with Gasteiger partial charge in [0.15, 0.2) is 0 Å². The molecule has 1 aliphatic heterocycles. The van der Waals surface area contributed by atoms with Gasteiger partial charge in [-0.05, 0) is 43.3 Å². The molecule has 0 aliphatic carbocycles. The van der Waals surface area contributed by atoms with Crippen LogP contribution in [0.25, 0.3) is 0 Å². The first-order chi connectivity index (χ1) is 9.61. The molecule has 1 aromatic heterocycles. The summed E-state index contributed by atoms with van der Waals surface area (Å²) in [6.07, 6.45) is 0. The van der Waals surface area contributed by atoms with Crippen LogP contribution in [0, 0.1) is 6.92 Å². The van der Waals surface area contributed by atoms with Gasteiger partial charge in [-0.25, -0.2) is 0 Å². The molecule has 0 radical (unpaired) electrons. The van der Waals surface area contributed by atoms with E-state index in [0.29, 0.717) is 5.76 Å². The average molecular weight is 272 g/mol.